The maximum absolute atomic E-state index is 13.6. The van der Waals surface area contributed by atoms with Crippen LogP contribution >= 0.6 is 0 Å². The summed E-state index contributed by atoms with van der Waals surface area (Å²) in [5.41, 5.74) is 2.73. The molecule has 2 aliphatic rings. The van der Waals surface area contributed by atoms with Crippen LogP contribution in [0.15, 0.2) is 79.0 Å². The van der Waals surface area contributed by atoms with Crippen molar-refractivity contribution in [3.05, 3.63) is 95.8 Å². The van der Waals surface area contributed by atoms with Gasteiger partial charge in [0, 0.05) is 29.6 Å². The van der Waals surface area contributed by atoms with Crippen molar-refractivity contribution in [2.24, 2.45) is 11.8 Å². The van der Waals surface area contributed by atoms with Crippen molar-refractivity contribution < 1.29 is 27.5 Å². The average Bonchev–Trinajstić information content (AvgIpc) is 3.45. The summed E-state index contributed by atoms with van der Waals surface area (Å²) in [5, 5.41) is 10.3. The molecule has 2 fully saturated rings. The number of sulfonamides is 1. The van der Waals surface area contributed by atoms with Crippen molar-refractivity contribution in [1.82, 2.24) is 20.4 Å². The van der Waals surface area contributed by atoms with Crippen molar-refractivity contribution in [3.63, 3.8) is 0 Å². The number of nitrogens with one attached hydrogen (secondary N) is 3. The van der Waals surface area contributed by atoms with E-state index in [1.807, 2.05) is 60.7 Å². The highest BCUT2D eigenvalue weighted by molar-refractivity contribution is 7.92. The van der Waals surface area contributed by atoms with Crippen LogP contribution in [0.1, 0.15) is 73.0 Å². The molecule has 1 aromatic heterocycles. The lowest BCUT2D eigenvalue weighted by Crippen LogP contribution is -2.45. The lowest BCUT2D eigenvalue weighted by atomic mass is 9.84. The Morgan fingerprint density at radius 1 is 0.917 bits per heavy atom. The fourth-order valence-electron chi connectivity index (χ4n) is 6.62. The summed E-state index contributed by atoms with van der Waals surface area (Å²) in [6.45, 7) is 5.42. The molecule has 258 valence electrons. The summed E-state index contributed by atoms with van der Waals surface area (Å²) in [5.74, 6) is -0.831. The quantitative estimate of drug-likeness (QED) is 0.202. The van der Waals surface area contributed by atoms with Crippen LogP contribution in [0.3, 0.4) is 0 Å². The molecule has 0 bridgehead atoms. The van der Waals surface area contributed by atoms with E-state index in [0.717, 1.165) is 68.7 Å². The third kappa shape index (κ3) is 10.5. The summed E-state index contributed by atoms with van der Waals surface area (Å²) in [6.07, 6.45) is 8.42. The average molecular weight is 678 g/mol. The van der Waals surface area contributed by atoms with Gasteiger partial charge in [-0.05, 0) is 36.8 Å². The van der Waals surface area contributed by atoms with Crippen molar-refractivity contribution in [2.45, 2.75) is 83.3 Å². The number of carbonyl (C=O) groups excluding carboxylic acids is 2. The third-order valence-corrected chi connectivity index (χ3v) is 9.61. The van der Waals surface area contributed by atoms with Crippen LogP contribution in [-0.2, 0) is 44.1 Å². The predicted octanol–water partition coefficient (Wildman–Crippen LogP) is 5.17. The van der Waals surface area contributed by atoms with Crippen LogP contribution in [-0.4, -0.2) is 55.0 Å². The molecule has 0 aliphatic heterocycles. The SMILES string of the molecule is C=C(NC(=O)c1cc(NS(C)(=O)=O)nn1CC(=O)N[C@H]1CCCC[C@@H]1COCc1ccccc1)[C@H]1CCCC[C@@H]1OCc1ccccc1. The second-order valence-electron chi connectivity index (χ2n) is 12.9. The van der Waals surface area contributed by atoms with E-state index in [1.165, 1.54) is 10.7 Å². The first kappa shape index (κ1) is 35.3. The summed E-state index contributed by atoms with van der Waals surface area (Å²) in [6, 6.07) is 21.2. The maximum Gasteiger partial charge on any atom is 0.273 e. The number of carbonyl (C=O) groups is 2. The number of amides is 2. The van der Waals surface area contributed by atoms with Gasteiger partial charge >= 0.3 is 0 Å². The van der Waals surface area contributed by atoms with Gasteiger partial charge in [0.05, 0.1) is 32.2 Å². The zero-order valence-corrected chi connectivity index (χ0v) is 28.4. The smallest absolute Gasteiger partial charge is 0.273 e. The van der Waals surface area contributed by atoms with Gasteiger partial charge in [-0.25, -0.2) is 13.1 Å². The number of benzene rings is 2. The molecule has 12 heteroatoms. The van der Waals surface area contributed by atoms with Gasteiger partial charge in [-0.15, -0.1) is 0 Å². The predicted molar refractivity (Wildman–Crippen MR) is 184 cm³/mol. The first-order chi connectivity index (χ1) is 23.1. The summed E-state index contributed by atoms with van der Waals surface area (Å²) in [7, 11) is -3.68. The van der Waals surface area contributed by atoms with Crippen LogP contribution in [0.4, 0.5) is 5.82 Å². The molecule has 2 aromatic carbocycles. The molecule has 0 saturated heterocycles. The van der Waals surface area contributed by atoms with E-state index in [9.17, 15) is 18.0 Å². The van der Waals surface area contributed by atoms with Crippen molar-refractivity contribution in [2.75, 3.05) is 17.6 Å². The van der Waals surface area contributed by atoms with Gasteiger partial charge in [-0.1, -0.05) is 92.9 Å². The van der Waals surface area contributed by atoms with Gasteiger partial charge in [-0.2, -0.15) is 5.10 Å². The van der Waals surface area contributed by atoms with Gasteiger partial charge in [-0.3, -0.25) is 14.3 Å². The van der Waals surface area contributed by atoms with E-state index in [-0.39, 0.29) is 47.9 Å². The number of rotatable bonds is 15. The second kappa shape index (κ2) is 16.9. The van der Waals surface area contributed by atoms with Crippen LogP contribution in [0.5, 0.6) is 0 Å². The molecule has 48 heavy (non-hydrogen) atoms. The normalized spacial score (nSPS) is 21.3. The van der Waals surface area contributed by atoms with Crippen molar-refractivity contribution in [1.29, 1.82) is 0 Å². The van der Waals surface area contributed by atoms with Crippen molar-refractivity contribution in [3.8, 4) is 0 Å². The number of nitrogens with zero attached hydrogens (tertiary/aromatic N) is 2. The Hall–Kier alpha value is -4.00. The lowest BCUT2D eigenvalue weighted by molar-refractivity contribution is -0.123. The zero-order valence-electron chi connectivity index (χ0n) is 27.6. The van der Waals surface area contributed by atoms with Gasteiger partial charge < -0.3 is 20.1 Å². The second-order valence-corrected chi connectivity index (χ2v) is 14.6. The van der Waals surface area contributed by atoms with E-state index in [2.05, 4.69) is 27.0 Å². The van der Waals surface area contributed by atoms with Crippen LogP contribution in [0.2, 0.25) is 0 Å². The molecule has 0 unspecified atom stereocenters. The fraction of sp³-hybridized carbons (Fsp3) is 0.472. The summed E-state index contributed by atoms with van der Waals surface area (Å²) >= 11 is 0. The third-order valence-electron chi connectivity index (χ3n) is 9.03. The molecule has 2 saturated carbocycles. The number of hydrogen-bond donors (Lipinski definition) is 3. The van der Waals surface area contributed by atoms with E-state index in [4.69, 9.17) is 9.47 Å². The molecular weight excluding hydrogens is 630 g/mol. The number of anilines is 1. The number of aromatic nitrogens is 2. The Balaban J connectivity index is 1.22. The zero-order chi connectivity index (χ0) is 33.9. The molecule has 4 atom stereocenters. The molecule has 3 N–H and O–H groups in total. The Kier molecular flexibility index (Phi) is 12.4. The Bertz CT molecular complexity index is 1630. The van der Waals surface area contributed by atoms with Crippen LogP contribution < -0.4 is 15.4 Å². The van der Waals surface area contributed by atoms with Gasteiger partial charge in [0.25, 0.3) is 5.91 Å². The van der Waals surface area contributed by atoms with E-state index >= 15 is 0 Å². The first-order valence-corrected chi connectivity index (χ1v) is 18.7. The standard InChI is InChI=1S/C36H47N5O6S/c1-26(30-18-10-12-20-33(30)47-24-28-15-7-4-8-16-28)37-36(43)32-21-34(40-48(2,44)45)39-41(32)22-35(42)38-31-19-11-9-17-29(31)25-46-23-27-13-5-3-6-14-27/h3-8,13-16,21,29-31,33H,1,9-12,17-20,22-25H2,2H3,(H,37,43)(H,38,42)(H,39,40)/t29-,30-,31+,33+/m1/s1. The van der Waals surface area contributed by atoms with Crippen LogP contribution in [0.25, 0.3) is 0 Å². The number of ether oxygens (including phenoxy) is 2. The van der Waals surface area contributed by atoms with E-state index in [1.54, 1.807) is 0 Å². The minimum atomic E-state index is -3.68. The Labute approximate surface area is 283 Å². The minimum Gasteiger partial charge on any atom is -0.376 e. The molecular formula is C36H47N5O6S. The minimum absolute atomic E-state index is 0.0430. The highest BCUT2D eigenvalue weighted by Gasteiger charge is 2.31. The molecule has 11 nitrogen and oxygen atoms in total. The highest BCUT2D eigenvalue weighted by Crippen LogP contribution is 2.32. The molecule has 2 amide bonds. The molecule has 0 spiro atoms. The van der Waals surface area contributed by atoms with Crippen LogP contribution in [0, 0.1) is 11.8 Å². The molecule has 0 radical (unpaired) electrons. The largest absolute Gasteiger partial charge is 0.376 e. The topological polar surface area (TPSA) is 141 Å². The molecule has 3 aromatic rings. The highest BCUT2D eigenvalue weighted by atomic mass is 32.2. The van der Waals surface area contributed by atoms with Gasteiger partial charge in [0.1, 0.15) is 12.2 Å². The van der Waals surface area contributed by atoms with Crippen molar-refractivity contribution >= 4 is 27.7 Å². The monoisotopic (exact) mass is 677 g/mol. The number of hydrogen-bond acceptors (Lipinski definition) is 7. The summed E-state index contributed by atoms with van der Waals surface area (Å²) < 4.78 is 39.8. The summed E-state index contributed by atoms with van der Waals surface area (Å²) in [4.78, 5) is 27.0. The maximum atomic E-state index is 13.6. The first-order valence-electron chi connectivity index (χ1n) is 16.8. The molecule has 1 heterocycles. The Morgan fingerprint density at radius 3 is 2.27 bits per heavy atom. The molecule has 5 rings (SSSR count). The van der Waals surface area contributed by atoms with Gasteiger partial charge in [0.15, 0.2) is 5.82 Å². The lowest BCUT2D eigenvalue weighted by Gasteiger charge is -2.33. The van der Waals surface area contributed by atoms with E-state index < -0.39 is 15.9 Å². The molecule has 2 aliphatic carbocycles. The fourth-order valence-corrected chi connectivity index (χ4v) is 7.10. The van der Waals surface area contributed by atoms with E-state index in [0.29, 0.717) is 25.5 Å². The Morgan fingerprint density at radius 2 is 1.56 bits per heavy atom. The van der Waals surface area contributed by atoms with Gasteiger partial charge in [0.2, 0.25) is 15.9 Å².